The van der Waals surface area contributed by atoms with E-state index in [2.05, 4.69) is 34.0 Å². The molecule has 2 fully saturated rings. The second-order valence-corrected chi connectivity index (χ2v) is 12.3. The van der Waals surface area contributed by atoms with Gasteiger partial charge < -0.3 is 19.7 Å². The van der Waals surface area contributed by atoms with Gasteiger partial charge >= 0.3 is 12.1 Å². The van der Waals surface area contributed by atoms with E-state index in [1.807, 2.05) is 24.3 Å². The number of fused-ring (bicyclic) bond motifs is 1. The van der Waals surface area contributed by atoms with E-state index in [1.54, 1.807) is 50.2 Å². The minimum Gasteiger partial charge on any atom is -0.467 e. The van der Waals surface area contributed by atoms with Crippen molar-refractivity contribution in [1.82, 2.24) is 20.2 Å². The van der Waals surface area contributed by atoms with E-state index in [-0.39, 0.29) is 36.0 Å². The number of carbonyl (C=O) groups is 4. The van der Waals surface area contributed by atoms with E-state index >= 15 is 0 Å². The molecule has 1 saturated carbocycles. The zero-order valence-corrected chi connectivity index (χ0v) is 26.4. The van der Waals surface area contributed by atoms with Crippen LogP contribution < -0.4 is 5.32 Å². The third kappa shape index (κ3) is 7.89. The lowest BCUT2D eigenvalue weighted by Crippen LogP contribution is -2.49. The summed E-state index contributed by atoms with van der Waals surface area (Å²) in [5.74, 6) is 10.9. The Morgan fingerprint density at radius 3 is 2.59 bits per heavy atom. The number of Topliss-reactive ketones (excluding diaryl/α,β-unsaturated/α-hetero) is 1. The SMILES string of the molecule is COC(=O)C1CCCCN1C(=O)C1CC1C#CC#Cc1ccc(-c2cc(C(=O)CNC(=O)OC(C)(C)C)c3cnccc3n2)cc1. The van der Waals surface area contributed by atoms with Crippen molar-refractivity contribution in [2.75, 3.05) is 20.2 Å². The number of piperidine rings is 1. The number of esters is 1. The van der Waals surface area contributed by atoms with Crippen LogP contribution in [0, 0.1) is 35.5 Å². The molecule has 1 aromatic carbocycles. The Bertz CT molecular complexity index is 1790. The molecule has 3 unspecified atom stereocenters. The molecule has 2 amide bonds. The summed E-state index contributed by atoms with van der Waals surface area (Å²) in [6.45, 7) is 5.59. The maximum atomic E-state index is 13.2. The fraction of sp³-hybridized carbons (Fsp3) is 0.389. The molecule has 46 heavy (non-hydrogen) atoms. The quantitative estimate of drug-likeness (QED) is 0.242. The number of nitrogens with one attached hydrogen (secondary N) is 1. The molecule has 1 aliphatic carbocycles. The van der Waals surface area contributed by atoms with Crippen molar-refractivity contribution >= 4 is 34.7 Å². The first-order valence-corrected chi connectivity index (χ1v) is 15.3. The molecule has 1 aliphatic heterocycles. The summed E-state index contributed by atoms with van der Waals surface area (Å²) in [7, 11) is 1.35. The van der Waals surface area contributed by atoms with Crippen LogP contribution >= 0.6 is 0 Å². The molecule has 3 atom stereocenters. The molecule has 1 saturated heterocycles. The number of pyridine rings is 2. The normalized spacial score (nSPS) is 18.7. The molecule has 3 aromatic rings. The van der Waals surface area contributed by atoms with Crippen molar-refractivity contribution in [2.45, 2.75) is 58.1 Å². The Balaban J connectivity index is 1.24. The topological polar surface area (TPSA) is 128 Å². The Hall–Kier alpha value is -5.22. The van der Waals surface area contributed by atoms with Crippen LogP contribution in [0.2, 0.25) is 0 Å². The average Bonchev–Trinajstić information content (AvgIpc) is 3.83. The lowest BCUT2D eigenvalue weighted by molar-refractivity contribution is -0.155. The zero-order valence-electron chi connectivity index (χ0n) is 26.4. The Labute approximate surface area is 268 Å². The van der Waals surface area contributed by atoms with Gasteiger partial charge in [-0.3, -0.25) is 14.6 Å². The molecule has 10 nitrogen and oxygen atoms in total. The van der Waals surface area contributed by atoms with Crippen LogP contribution in [0.3, 0.4) is 0 Å². The molecule has 236 valence electrons. The molecular weight excluding hydrogens is 584 g/mol. The number of amides is 2. The van der Waals surface area contributed by atoms with E-state index in [0.717, 1.165) is 24.0 Å². The molecule has 1 N–H and O–H groups in total. The first kappa shape index (κ1) is 32.2. The smallest absolute Gasteiger partial charge is 0.408 e. The third-order valence-corrected chi connectivity index (χ3v) is 7.78. The Morgan fingerprint density at radius 2 is 1.85 bits per heavy atom. The van der Waals surface area contributed by atoms with Crippen molar-refractivity contribution in [1.29, 1.82) is 0 Å². The van der Waals surface area contributed by atoms with Gasteiger partial charge in [-0.1, -0.05) is 24.0 Å². The van der Waals surface area contributed by atoms with Crippen LogP contribution in [0.5, 0.6) is 0 Å². The number of nitrogens with zero attached hydrogens (tertiary/aromatic N) is 3. The van der Waals surface area contributed by atoms with Crippen molar-refractivity contribution in [2.24, 2.45) is 11.8 Å². The van der Waals surface area contributed by atoms with Gasteiger partial charge in [0.05, 0.1) is 30.8 Å². The van der Waals surface area contributed by atoms with Gasteiger partial charge in [0.15, 0.2) is 5.78 Å². The first-order chi connectivity index (χ1) is 22.0. The van der Waals surface area contributed by atoms with Gasteiger partial charge in [-0.05, 0) is 82.6 Å². The highest BCUT2D eigenvalue weighted by Gasteiger charge is 2.47. The maximum absolute atomic E-state index is 13.2. The third-order valence-electron chi connectivity index (χ3n) is 7.78. The number of ether oxygens (including phenoxy) is 2. The van der Waals surface area contributed by atoms with Crippen molar-refractivity contribution < 1.29 is 28.7 Å². The number of aromatic nitrogens is 2. The van der Waals surface area contributed by atoms with E-state index in [4.69, 9.17) is 14.5 Å². The minimum absolute atomic E-state index is 0.0272. The van der Waals surface area contributed by atoms with Gasteiger partial charge in [0, 0.05) is 46.9 Å². The fourth-order valence-corrected chi connectivity index (χ4v) is 5.38. The van der Waals surface area contributed by atoms with Gasteiger partial charge in [0.2, 0.25) is 5.91 Å². The molecule has 0 bridgehead atoms. The van der Waals surface area contributed by atoms with Crippen LogP contribution in [0.25, 0.3) is 22.2 Å². The molecular formula is C36H36N4O6. The molecule has 0 spiro atoms. The highest BCUT2D eigenvalue weighted by molar-refractivity contribution is 6.09. The molecule has 0 radical (unpaired) electrons. The largest absolute Gasteiger partial charge is 0.467 e. The number of alkyl carbamates (subject to hydrolysis) is 1. The summed E-state index contributed by atoms with van der Waals surface area (Å²) in [6, 6.07) is 10.4. The number of likely N-dealkylation sites (tertiary alicyclic amines) is 1. The highest BCUT2D eigenvalue weighted by Crippen LogP contribution is 2.40. The lowest BCUT2D eigenvalue weighted by Gasteiger charge is -2.33. The minimum atomic E-state index is -0.678. The average molecular weight is 621 g/mol. The standard InChI is InChI=1S/C36H36N4O6/c1-36(2,3)46-35(44)38-22-32(41)27-20-30(39-29-16-17-37-21-28(27)29)24-14-12-23(13-15-24)9-5-6-10-25-19-26(25)33(42)40-18-8-7-11-31(40)34(43)45-4/h12-17,20-21,25-26,31H,7-8,11,18-19,22H2,1-4H3,(H,38,44). The summed E-state index contributed by atoms with van der Waals surface area (Å²) < 4.78 is 10.1. The van der Waals surface area contributed by atoms with Crippen LogP contribution in [0.4, 0.5) is 4.79 Å². The molecule has 3 heterocycles. The maximum Gasteiger partial charge on any atom is 0.408 e. The number of ketones is 1. The number of carbonyl (C=O) groups excluding carboxylic acids is 4. The fourth-order valence-electron chi connectivity index (χ4n) is 5.38. The lowest BCUT2D eigenvalue weighted by atomic mass is 10.0. The second-order valence-electron chi connectivity index (χ2n) is 12.3. The number of rotatable bonds is 6. The van der Waals surface area contributed by atoms with Crippen molar-refractivity contribution in [3.05, 3.63) is 59.9 Å². The summed E-state index contributed by atoms with van der Waals surface area (Å²) in [4.78, 5) is 60.9. The summed E-state index contributed by atoms with van der Waals surface area (Å²) in [6.07, 6.45) is 5.61. The van der Waals surface area contributed by atoms with Gasteiger partial charge in [0.1, 0.15) is 11.6 Å². The van der Waals surface area contributed by atoms with Crippen LogP contribution in [-0.2, 0) is 19.1 Å². The summed E-state index contributed by atoms with van der Waals surface area (Å²) >= 11 is 0. The number of methoxy groups -OCH3 is 1. The van der Waals surface area contributed by atoms with Gasteiger partial charge in [-0.15, -0.1) is 0 Å². The molecule has 2 aliphatic rings. The predicted octanol–water partition coefficient (Wildman–Crippen LogP) is 4.55. The Kier molecular flexibility index (Phi) is 9.67. The molecule has 5 rings (SSSR count). The molecule has 10 heteroatoms. The van der Waals surface area contributed by atoms with Gasteiger partial charge in [0.25, 0.3) is 0 Å². The van der Waals surface area contributed by atoms with Crippen LogP contribution in [-0.4, -0.2) is 70.5 Å². The predicted molar refractivity (Wildman–Crippen MR) is 171 cm³/mol. The van der Waals surface area contributed by atoms with Crippen molar-refractivity contribution in [3.63, 3.8) is 0 Å². The van der Waals surface area contributed by atoms with E-state index in [9.17, 15) is 19.2 Å². The Morgan fingerprint density at radius 1 is 1.07 bits per heavy atom. The van der Waals surface area contributed by atoms with Crippen LogP contribution in [0.15, 0.2) is 48.8 Å². The van der Waals surface area contributed by atoms with Gasteiger partial charge in [-0.2, -0.15) is 0 Å². The van der Waals surface area contributed by atoms with E-state index in [0.29, 0.717) is 41.5 Å². The number of benzene rings is 1. The van der Waals surface area contributed by atoms with Gasteiger partial charge in [-0.25, -0.2) is 14.6 Å². The summed E-state index contributed by atoms with van der Waals surface area (Å²) in [5, 5.41) is 3.11. The van der Waals surface area contributed by atoms with E-state index < -0.39 is 17.7 Å². The molecule has 2 aromatic heterocycles. The first-order valence-electron chi connectivity index (χ1n) is 15.3. The highest BCUT2D eigenvalue weighted by atomic mass is 16.6. The van der Waals surface area contributed by atoms with E-state index in [1.165, 1.54) is 7.11 Å². The second kappa shape index (κ2) is 13.8. The monoisotopic (exact) mass is 620 g/mol. The summed E-state index contributed by atoms with van der Waals surface area (Å²) in [5.41, 5.74) is 2.44. The number of hydrogen-bond acceptors (Lipinski definition) is 8. The number of hydrogen-bond donors (Lipinski definition) is 1. The zero-order chi connectivity index (χ0) is 32.8. The van der Waals surface area contributed by atoms with Crippen LogP contribution in [0.1, 0.15) is 62.4 Å². The van der Waals surface area contributed by atoms with Crippen molar-refractivity contribution in [3.8, 4) is 34.9 Å².